The third kappa shape index (κ3) is 5.72. The second kappa shape index (κ2) is 7.18. The highest BCUT2D eigenvalue weighted by Gasteiger charge is 2.31. The predicted octanol–water partition coefficient (Wildman–Crippen LogP) is 1.96. The molecule has 0 aliphatic carbocycles. The van der Waals surface area contributed by atoms with E-state index in [1.54, 1.807) is 0 Å². The molecular weight excluding hydrogens is 346 g/mol. The molecular formula is C14H18ClNO6S. The predicted molar refractivity (Wildman–Crippen MR) is 86.8 cm³/mol. The summed E-state index contributed by atoms with van der Waals surface area (Å²) >= 11 is 5.91. The van der Waals surface area contributed by atoms with Crippen molar-refractivity contribution >= 4 is 39.0 Å². The maximum absolute atomic E-state index is 12.0. The Morgan fingerprint density at radius 1 is 1.30 bits per heavy atom. The Morgan fingerprint density at radius 2 is 1.91 bits per heavy atom. The van der Waals surface area contributed by atoms with E-state index in [4.69, 9.17) is 21.4 Å². The molecule has 0 aliphatic rings. The lowest BCUT2D eigenvalue weighted by Crippen LogP contribution is -2.35. The van der Waals surface area contributed by atoms with Gasteiger partial charge in [-0.1, -0.05) is 11.6 Å². The number of nitrogens with one attached hydrogen (secondary N) is 1. The summed E-state index contributed by atoms with van der Waals surface area (Å²) in [7, 11) is -3.59. The molecule has 1 amide bonds. The topological polar surface area (TPSA) is 110 Å². The second-order valence-electron chi connectivity index (χ2n) is 5.75. The second-order valence-corrected chi connectivity index (χ2v) is 8.90. The van der Waals surface area contributed by atoms with E-state index in [-0.39, 0.29) is 16.5 Å². The summed E-state index contributed by atoms with van der Waals surface area (Å²) in [5.74, 6) is -2.33. The van der Waals surface area contributed by atoms with Crippen molar-refractivity contribution in [2.24, 2.45) is 0 Å². The standard InChI is InChI=1S/C14H18ClNO6S/c1-14(2,3)23(20,21)8-12(17)16-9-4-5-11(10(15)6-9)22-7-13(18)19/h4-6H,7-8H2,1-3H3,(H,16,17)(H,18,19). The molecule has 0 aliphatic heterocycles. The Hall–Kier alpha value is -1.80. The number of ether oxygens (including phenoxy) is 1. The number of carbonyl (C=O) groups is 2. The molecule has 0 saturated carbocycles. The Morgan fingerprint density at radius 3 is 2.39 bits per heavy atom. The van der Waals surface area contributed by atoms with E-state index >= 15 is 0 Å². The zero-order valence-electron chi connectivity index (χ0n) is 12.9. The molecule has 0 spiro atoms. The van der Waals surface area contributed by atoms with Gasteiger partial charge in [0.15, 0.2) is 16.4 Å². The van der Waals surface area contributed by atoms with Crippen molar-refractivity contribution in [2.45, 2.75) is 25.5 Å². The molecule has 2 N–H and O–H groups in total. The molecule has 128 valence electrons. The van der Waals surface area contributed by atoms with Gasteiger partial charge < -0.3 is 15.2 Å². The van der Waals surface area contributed by atoms with Crippen molar-refractivity contribution in [3.8, 4) is 5.75 Å². The quantitative estimate of drug-likeness (QED) is 0.799. The summed E-state index contributed by atoms with van der Waals surface area (Å²) < 4.78 is 27.8. The van der Waals surface area contributed by atoms with Gasteiger partial charge in [-0.25, -0.2) is 13.2 Å². The van der Waals surface area contributed by atoms with Crippen molar-refractivity contribution in [1.29, 1.82) is 0 Å². The van der Waals surface area contributed by atoms with Gasteiger partial charge in [0.2, 0.25) is 5.91 Å². The van der Waals surface area contributed by atoms with Crippen LogP contribution in [0.3, 0.4) is 0 Å². The van der Waals surface area contributed by atoms with Crippen molar-refractivity contribution in [1.82, 2.24) is 0 Å². The molecule has 0 bridgehead atoms. The Balaban J connectivity index is 2.77. The van der Waals surface area contributed by atoms with Gasteiger partial charge in [0.05, 0.1) is 9.77 Å². The van der Waals surface area contributed by atoms with Crippen LogP contribution in [0, 0.1) is 0 Å². The van der Waals surface area contributed by atoms with E-state index in [2.05, 4.69) is 5.32 Å². The van der Waals surface area contributed by atoms with Crippen molar-refractivity contribution in [3.05, 3.63) is 23.2 Å². The molecule has 0 aromatic heterocycles. The fourth-order valence-electron chi connectivity index (χ4n) is 1.42. The zero-order chi connectivity index (χ0) is 17.8. The summed E-state index contributed by atoms with van der Waals surface area (Å²) in [5, 5.41) is 11.1. The summed E-state index contributed by atoms with van der Waals surface area (Å²) in [6.45, 7) is 4.00. The number of carbonyl (C=O) groups excluding carboxylic acids is 1. The third-order valence-corrected chi connectivity index (χ3v) is 5.62. The van der Waals surface area contributed by atoms with Crippen LogP contribution in [0.25, 0.3) is 0 Å². The van der Waals surface area contributed by atoms with Crippen LogP contribution >= 0.6 is 11.6 Å². The molecule has 0 unspecified atom stereocenters. The maximum atomic E-state index is 12.0. The maximum Gasteiger partial charge on any atom is 0.341 e. The first-order chi connectivity index (χ1) is 10.4. The minimum absolute atomic E-state index is 0.0997. The Labute approximate surface area is 139 Å². The Kier molecular flexibility index (Phi) is 6.01. The molecule has 9 heteroatoms. The molecule has 0 saturated heterocycles. The van der Waals surface area contributed by atoms with Crippen LogP contribution in [0.2, 0.25) is 5.02 Å². The van der Waals surface area contributed by atoms with E-state index < -0.39 is 38.8 Å². The van der Waals surface area contributed by atoms with E-state index in [0.717, 1.165) is 0 Å². The summed E-state index contributed by atoms with van der Waals surface area (Å²) in [5.41, 5.74) is 0.284. The largest absolute Gasteiger partial charge is 0.480 e. The number of amides is 1. The van der Waals surface area contributed by atoms with Gasteiger partial charge in [-0.05, 0) is 39.0 Å². The number of hydrogen-bond donors (Lipinski definition) is 2. The van der Waals surface area contributed by atoms with Gasteiger partial charge in [-0.15, -0.1) is 0 Å². The number of sulfone groups is 1. The highest BCUT2D eigenvalue weighted by atomic mass is 35.5. The van der Waals surface area contributed by atoms with E-state index in [1.165, 1.54) is 39.0 Å². The number of hydrogen-bond acceptors (Lipinski definition) is 5. The molecule has 0 fully saturated rings. The highest BCUT2D eigenvalue weighted by Crippen LogP contribution is 2.27. The van der Waals surface area contributed by atoms with Crippen molar-refractivity contribution < 1.29 is 27.9 Å². The first kappa shape index (κ1) is 19.2. The van der Waals surface area contributed by atoms with Crippen molar-refractivity contribution in [3.63, 3.8) is 0 Å². The van der Waals surface area contributed by atoms with Crippen LogP contribution in [-0.2, 0) is 19.4 Å². The van der Waals surface area contributed by atoms with Gasteiger partial charge in [-0.2, -0.15) is 0 Å². The number of benzene rings is 1. The minimum Gasteiger partial charge on any atom is -0.480 e. The van der Waals surface area contributed by atoms with Gasteiger partial charge in [-0.3, -0.25) is 4.79 Å². The van der Waals surface area contributed by atoms with E-state index in [1.807, 2.05) is 0 Å². The molecule has 1 aromatic carbocycles. The summed E-state index contributed by atoms with van der Waals surface area (Å²) in [6, 6.07) is 4.17. The summed E-state index contributed by atoms with van der Waals surface area (Å²) in [4.78, 5) is 22.3. The third-order valence-electron chi connectivity index (χ3n) is 2.82. The van der Waals surface area contributed by atoms with Gasteiger partial charge in [0.1, 0.15) is 11.5 Å². The number of rotatable bonds is 6. The van der Waals surface area contributed by atoms with Gasteiger partial charge in [0.25, 0.3) is 0 Å². The molecule has 0 radical (unpaired) electrons. The number of anilines is 1. The average Bonchev–Trinajstić information content (AvgIpc) is 2.35. The first-order valence-corrected chi connectivity index (χ1v) is 8.62. The molecule has 0 heterocycles. The normalized spacial score (nSPS) is 11.8. The van der Waals surface area contributed by atoms with E-state index in [0.29, 0.717) is 0 Å². The minimum atomic E-state index is -3.59. The average molecular weight is 364 g/mol. The number of carboxylic acids is 1. The van der Waals surface area contributed by atoms with Crippen LogP contribution in [0.5, 0.6) is 5.75 Å². The fraction of sp³-hybridized carbons (Fsp3) is 0.429. The first-order valence-electron chi connectivity index (χ1n) is 6.58. The van der Waals surface area contributed by atoms with Crippen LogP contribution in [0.4, 0.5) is 5.69 Å². The van der Waals surface area contributed by atoms with Gasteiger partial charge >= 0.3 is 5.97 Å². The molecule has 1 aromatic rings. The number of aliphatic carboxylic acids is 1. The monoisotopic (exact) mass is 363 g/mol. The van der Waals surface area contributed by atoms with Crippen LogP contribution in [0.1, 0.15) is 20.8 Å². The lowest BCUT2D eigenvalue weighted by atomic mass is 10.3. The Bertz CT molecular complexity index is 708. The SMILES string of the molecule is CC(C)(C)S(=O)(=O)CC(=O)Nc1ccc(OCC(=O)O)c(Cl)c1. The van der Waals surface area contributed by atoms with Crippen LogP contribution < -0.4 is 10.1 Å². The van der Waals surface area contributed by atoms with Crippen LogP contribution in [0.15, 0.2) is 18.2 Å². The zero-order valence-corrected chi connectivity index (χ0v) is 14.5. The smallest absolute Gasteiger partial charge is 0.341 e. The number of halogens is 1. The molecule has 0 atom stereocenters. The highest BCUT2D eigenvalue weighted by molar-refractivity contribution is 7.93. The summed E-state index contributed by atoms with van der Waals surface area (Å²) in [6.07, 6.45) is 0. The lowest BCUT2D eigenvalue weighted by Gasteiger charge is -2.18. The van der Waals surface area contributed by atoms with Crippen LogP contribution in [-0.4, -0.2) is 42.5 Å². The lowest BCUT2D eigenvalue weighted by molar-refractivity contribution is -0.139. The molecule has 1 rings (SSSR count). The molecule has 7 nitrogen and oxygen atoms in total. The fourth-order valence-corrected chi connectivity index (χ4v) is 2.51. The molecule has 23 heavy (non-hydrogen) atoms. The van der Waals surface area contributed by atoms with Gasteiger partial charge in [0, 0.05) is 5.69 Å². The number of carboxylic acid groups (broad SMARTS) is 1. The van der Waals surface area contributed by atoms with Crippen molar-refractivity contribution in [2.75, 3.05) is 17.7 Å². The van der Waals surface area contributed by atoms with E-state index in [9.17, 15) is 18.0 Å².